The zero-order valence-corrected chi connectivity index (χ0v) is 11.7. The Morgan fingerprint density at radius 1 is 1.20 bits per heavy atom. The Morgan fingerprint density at radius 3 is 2.25 bits per heavy atom. The van der Waals surface area contributed by atoms with E-state index in [1.165, 1.54) is 19.3 Å². The molecule has 1 rings (SSSR count). The Hall–Kier alpha value is -2.18. The van der Waals surface area contributed by atoms with Crippen LogP contribution >= 0.6 is 0 Å². The fourth-order valence-corrected chi connectivity index (χ4v) is 1.68. The van der Waals surface area contributed by atoms with Crippen LogP contribution in [0.25, 0.3) is 0 Å². The number of hydrogen-bond acceptors (Lipinski definition) is 5. The number of amides is 3. The summed E-state index contributed by atoms with van der Waals surface area (Å²) in [5.41, 5.74) is 0. The molecule has 0 aliphatic carbocycles. The summed E-state index contributed by atoms with van der Waals surface area (Å²) in [5, 5.41) is 2.59. The second-order valence-corrected chi connectivity index (χ2v) is 4.69. The topological polar surface area (TPSA) is 92.8 Å². The van der Waals surface area contributed by atoms with Gasteiger partial charge in [0.05, 0.1) is 18.9 Å². The molecule has 1 aliphatic heterocycles. The van der Waals surface area contributed by atoms with E-state index in [0.717, 1.165) is 4.90 Å². The molecule has 0 aromatic carbocycles. The van der Waals surface area contributed by atoms with Gasteiger partial charge in [0.1, 0.15) is 0 Å². The Bertz CT molecular complexity index is 440. The summed E-state index contributed by atoms with van der Waals surface area (Å²) in [6.07, 6.45) is 2.35. The van der Waals surface area contributed by atoms with E-state index >= 15 is 0 Å². The van der Waals surface area contributed by atoms with E-state index in [1.54, 1.807) is 13.8 Å². The number of rotatable bonds is 6. The molecule has 0 fully saturated rings. The Labute approximate surface area is 116 Å². The predicted molar refractivity (Wildman–Crippen MR) is 69.2 cm³/mol. The van der Waals surface area contributed by atoms with Crippen molar-refractivity contribution in [2.75, 3.05) is 20.2 Å². The van der Waals surface area contributed by atoms with E-state index < -0.39 is 29.6 Å². The number of hydrogen-bond donors (Lipinski definition) is 1. The fourth-order valence-electron chi connectivity index (χ4n) is 1.68. The molecule has 1 N–H and O–H groups in total. The third kappa shape index (κ3) is 3.91. The lowest BCUT2D eigenvalue weighted by atomic mass is 10.1. The van der Waals surface area contributed by atoms with Crippen LogP contribution in [0.2, 0.25) is 0 Å². The largest absolute Gasteiger partial charge is 0.469 e. The van der Waals surface area contributed by atoms with Gasteiger partial charge in [0.2, 0.25) is 5.91 Å². The molecule has 7 nitrogen and oxygen atoms in total. The molecule has 2 unspecified atom stereocenters. The van der Waals surface area contributed by atoms with Crippen LogP contribution in [0.1, 0.15) is 13.8 Å². The third-order valence-corrected chi connectivity index (χ3v) is 2.99. The van der Waals surface area contributed by atoms with E-state index in [2.05, 4.69) is 10.1 Å². The monoisotopic (exact) mass is 282 g/mol. The van der Waals surface area contributed by atoms with Crippen molar-refractivity contribution in [1.82, 2.24) is 10.2 Å². The number of imide groups is 1. The van der Waals surface area contributed by atoms with Gasteiger partial charge in [-0.2, -0.15) is 0 Å². The van der Waals surface area contributed by atoms with Crippen LogP contribution in [0, 0.1) is 11.8 Å². The second-order valence-electron chi connectivity index (χ2n) is 4.69. The highest BCUT2D eigenvalue weighted by molar-refractivity contribution is 6.13. The van der Waals surface area contributed by atoms with Gasteiger partial charge in [0, 0.05) is 25.2 Å². The Balaban J connectivity index is 2.42. The van der Waals surface area contributed by atoms with Gasteiger partial charge in [-0.1, -0.05) is 13.8 Å². The summed E-state index contributed by atoms with van der Waals surface area (Å²) in [6, 6.07) is 0. The zero-order chi connectivity index (χ0) is 15.3. The molecule has 1 aliphatic rings. The minimum atomic E-state index is -0.548. The minimum Gasteiger partial charge on any atom is -0.469 e. The summed E-state index contributed by atoms with van der Waals surface area (Å²) in [7, 11) is 1.28. The number of esters is 1. The molecule has 7 heteroatoms. The van der Waals surface area contributed by atoms with Crippen molar-refractivity contribution in [2.24, 2.45) is 11.8 Å². The predicted octanol–water partition coefficient (Wildman–Crippen LogP) is -0.527. The van der Waals surface area contributed by atoms with Gasteiger partial charge in [-0.3, -0.25) is 24.1 Å². The molecule has 0 saturated carbocycles. The van der Waals surface area contributed by atoms with Crippen LogP contribution in [0.3, 0.4) is 0 Å². The lowest BCUT2D eigenvalue weighted by Gasteiger charge is -2.19. The average Bonchev–Trinajstić information content (AvgIpc) is 2.74. The highest BCUT2D eigenvalue weighted by Crippen LogP contribution is 2.08. The zero-order valence-electron chi connectivity index (χ0n) is 11.7. The van der Waals surface area contributed by atoms with Crippen molar-refractivity contribution < 1.29 is 23.9 Å². The Kier molecular flexibility index (Phi) is 5.42. The molecule has 0 radical (unpaired) electrons. The maximum atomic E-state index is 11.8. The van der Waals surface area contributed by atoms with E-state index in [0.29, 0.717) is 0 Å². The average molecular weight is 282 g/mol. The van der Waals surface area contributed by atoms with E-state index in [1.807, 2.05) is 0 Å². The number of nitrogens with zero attached hydrogens (tertiary/aromatic N) is 1. The first kappa shape index (κ1) is 15.9. The van der Waals surface area contributed by atoms with Crippen molar-refractivity contribution >= 4 is 23.7 Å². The van der Waals surface area contributed by atoms with Gasteiger partial charge < -0.3 is 10.1 Å². The second kappa shape index (κ2) is 6.83. The molecule has 0 aromatic heterocycles. The van der Waals surface area contributed by atoms with Crippen LogP contribution in [0.4, 0.5) is 0 Å². The van der Waals surface area contributed by atoms with Gasteiger partial charge in [-0.05, 0) is 0 Å². The maximum absolute atomic E-state index is 11.8. The number of carbonyl (C=O) groups is 4. The lowest BCUT2D eigenvalue weighted by Crippen LogP contribution is -2.42. The molecular weight excluding hydrogens is 264 g/mol. The first-order chi connectivity index (χ1) is 9.36. The third-order valence-electron chi connectivity index (χ3n) is 2.99. The summed E-state index contributed by atoms with van der Waals surface area (Å²) in [6.45, 7) is 3.41. The van der Waals surface area contributed by atoms with Crippen molar-refractivity contribution in [3.8, 4) is 0 Å². The van der Waals surface area contributed by atoms with Gasteiger partial charge in [0.15, 0.2) is 0 Å². The lowest BCUT2D eigenvalue weighted by molar-refractivity contribution is -0.144. The number of nitrogens with one attached hydrogen (secondary N) is 1. The van der Waals surface area contributed by atoms with E-state index in [9.17, 15) is 19.2 Å². The van der Waals surface area contributed by atoms with Crippen molar-refractivity contribution in [2.45, 2.75) is 13.8 Å². The van der Waals surface area contributed by atoms with E-state index in [-0.39, 0.29) is 19.0 Å². The molecule has 20 heavy (non-hydrogen) atoms. The fraction of sp³-hybridized carbons (Fsp3) is 0.538. The molecule has 2 atom stereocenters. The van der Waals surface area contributed by atoms with Crippen LogP contribution < -0.4 is 5.32 Å². The van der Waals surface area contributed by atoms with Gasteiger partial charge >= 0.3 is 5.97 Å². The number of carbonyl (C=O) groups excluding carboxylic acids is 4. The summed E-state index contributed by atoms with van der Waals surface area (Å²) in [5.74, 6) is -2.57. The molecule has 3 amide bonds. The van der Waals surface area contributed by atoms with Crippen LogP contribution in [-0.4, -0.2) is 48.8 Å². The van der Waals surface area contributed by atoms with Crippen LogP contribution in [0.5, 0.6) is 0 Å². The SMILES string of the molecule is COC(=O)C(C)CNC(=O)C(C)CN1C(=O)C=CC1=O. The summed E-state index contributed by atoms with van der Waals surface area (Å²) >= 11 is 0. The summed E-state index contributed by atoms with van der Waals surface area (Å²) in [4.78, 5) is 46.7. The Morgan fingerprint density at radius 2 is 1.75 bits per heavy atom. The van der Waals surface area contributed by atoms with Gasteiger partial charge in [-0.15, -0.1) is 0 Å². The highest BCUT2D eigenvalue weighted by atomic mass is 16.5. The van der Waals surface area contributed by atoms with Crippen molar-refractivity contribution in [1.29, 1.82) is 0 Å². The molecule has 0 aromatic rings. The van der Waals surface area contributed by atoms with Crippen molar-refractivity contribution in [3.05, 3.63) is 12.2 Å². The molecule has 1 heterocycles. The quantitative estimate of drug-likeness (QED) is 0.522. The molecule has 0 spiro atoms. The van der Waals surface area contributed by atoms with E-state index in [4.69, 9.17) is 0 Å². The first-order valence-corrected chi connectivity index (χ1v) is 6.26. The molecular formula is C13H18N2O5. The highest BCUT2D eigenvalue weighted by Gasteiger charge is 2.27. The van der Waals surface area contributed by atoms with Gasteiger partial charge in [0.25, 0.3) is 11.8 Å². The first-order valence-electron chi connectivity index (χ1n) is 6.26. The number of ether oxygens (including phenoxy) is 1. The smallest absolute Gasteiger partial charge is 0.310 e. The van der Waals surface area contributed by atoms with Crippen molar-refractivity contribution in [3.63, 3.8) is 0 Å². The van der Waals surface area contributed by atoms with Gasteiger partial charge in [-0.25, -0.2) is 0 Å². The number of methoxy groups -OCH3 is 1. The normalized spacial score (nSPS) is 17.1. The van der Waals surface area contributed by atoms with Crippen LogP contribution in [0.15, 0.2) is 12.2 Å². The molecule has 110 valence electrons. The molecule has 0 saturated heterocycles. The summed E-state index contributed by atoms with van der Waals surface area (Å²) < 4.78 is 4.54. The minimum absolute atomic E-state index is 0.0170. The maximum Gasteiger partial charge on any atom is 0.310 e. The standard InChI is InChI=1S/C13H18N2O5/c1-8(13(19)20-3)6-14-12(18)9(2)7-15-10(16)4-5-11(15)17/h4-5,8-9H,6-7H2,1-3H3,(H,14,18). The molecule has 0 bridgehead atoms. The van der Waals surface area contributed by atoms with Crippen LogP contribution in [-0.2, 0) is 23.9 Å².